The van der Waals surface area contributed by atoms with Crippen LogP contribution < -0.4 is 11.1 Å². The van der Waals surface area contributed by atoms with Crippen molar-refractivity contribution in [1.82, 2.24) is 5.32 Å². The lowest BCUT2D eigenvalue weighted by atomic mass is 9.54. The quantitative estimate of drug-likeness (QED) is 0.727. The molecule has 0 saturated heterocycles. The van der Waals surface area contributed by atoms with Gasteiger partial charge in [-0.25, -0.2) is 0 Å². The van der Waals surface area contributed by atoms with E-state index in [0.29, 0.717) is 19.6 Å². The van der Waals surface area contributed by atoms with E-state index in [9.17, 15) is 4.79 Å². The summed E-state index contributed by atoms with van der Waals surface area (Å²) in [5.74, 6) is -0.0861. The van der Waals surface area contributed by atoms with Crippen LogP contribution in [0.1, 0.15) is 40.5 Å². The molecule has 0 heterocycles. The molecule has 0 aromatic carbocycles. The molecule has 0 radical (unpaired) electrons. The predicted octanol–water partition coefficient (Wildman–Crippen LogP) is 1.06. The van der Waals surface area contributed by atoms with Crippen LogP contribution in [0, 0.1) is 5.41 Å². The zero-order valence-electron chi connectivity index (χ0n) is 12.8. The molecule has 0 aliphatic heterocycles. The van der Waals surface area contributed by atoms with Crippen molar-refractivity contribution in [2.45, 2.75) is 58.2 Å². The van der Waals surface area contributed by atoms with Crippen molar-refractivity contribution in [2.24, 2.45) is 11.1 Å². The molecule has 1 amide bonds. The molecule has 19 heavy (non-hydrogen) atoms. The van der Waals surface area contributed by atoms with E-state index >= 15 is 0 Å². The van der Waals surface area contributed by atoms with Gasteiger partial charge in [0.1, 0.15) is 5.54 Å². The molecular formula is C14H28N2O3. The third-order valence-corrected chi connectivity index (χ3v) is 4.37. The summed E-state index contributed by atoms with van der Waals surface area (Å²) >= 11 is 0. The third kappa shape index (κ3) is 3.09. The number of amides is 1. The van der Waals surface area contributed by atoms with Crippen LogP contribution in [-0.4, -0.2) is 43.9 Å². The van der Waals surface area contributed by atoms with Gasteiger partial charge >= 0.3 is 0 Å². The van der Waals surface area contributed by atoms with E-state index in [4.69, 9.17) is 15.2 Å². The molecule has 1 aliphatic rings. The Morgan fingerprint density at radius 3 is 2.63 bits per heavy atom. The van der Waals surface area contributed by atoms with Gasteiger partial charge in [0, 0.05) is 38.2 Å². The number of nitrogens with one attached hydrogen (secondary N) is 1. The standard InChI is InChI=1S/C14H28N2O3/c1-6-19-11-9-14(15,13(11,3)4)12(17)16-10(2)7-8-18-5/h10-11H,6-9,15H2,1-5H3,(H,16,17). The molecule has 0 bridgehead atoms. The Hall–Kier alpha value is -0.650. The van der Waals surface area contributed by atoms with Crippen molar-refractivity contribution in [1.29, 1.82) is 0 Å². The zero-order valence-corrected chi connectivity index (χ0v) is 12.8. The number of ether oxygens (including phenoxy) is 2. The number of carbonyl (C=O) groups is 1. The summed E-state index contributed by atoms with van der Waals surface area (Å²) in [4.78, 5) is 12.4. The highest BCUT2D eigenvalue weighted by Crippen LogP contribution is 2.49. The van der Waals surface area contributed by atoms with E-state index in [1.54, 1.807) is 7.11 Å². The highest BCUT2D eigenvalue weighted by atomic mass is 16.5. The van der Waals surface area contributed by atoms with Crippen LogP contribution in [-0.2, 0) is 14.3 Å². The first-order valence-electron chi connectivity index (χ1n) is 7.00. The zero-order chi connectivity index (χ0) is 14.7. The summed E-state index contributed by atoms with van der Waals surface area (Å²) in [5.41, 5.74) is 5.12. The van der Waals surface area contributed by atoms with Gasteiger partial charge in [0.15, 0.2) is 0 Å². The Balaban J connectivity index is 2.57. The number of nitrogens with two attached hydrogens (primary N) is 1. The molecular weight excluding hydrogens is 244 g/mol. The van der Waals surface area contributed by atoms with E-state index in [-0.39, 0.29) is 23.5 Å². The minimum atomic E-state index is -0.839. The van der Waals surface area contributed by atoms with Crippen molar-refractivity contribution in [2.75, 3.05) is 20.3 Å². The summed E-state index contributed by atoms with van der Waals surface area (Å²) < 4.78 is 10.6. The van der Waals surface area contributed by atoms with Gasteiger partial charge in [-0.2, -0.15) is 0 Å². The van der Waals surface area contributed by atoms with E-state index < -0.39 is 5.54 Å². The predicted molar refractivity (Wildman–Crippen MR) is 74.8 cm³/mol. The average molecular weight is 272 g/mol. The Morgan fingerprint density at radius 2 is 2.16 bits per heavy atom. The number of hydrogen-bond donors (Lipinski definition) is 2. The van der Waals surface area contributed by atoms with Gasteiger partial charge in [0.25, 0.3) is 0 Å². The van der Waals surface area contributed by atoms with Gasteiger partial charge in [0.2, 0.25) is 5.91 Å². The molecule has 112 valence electrons. The van der Waals surface area contributed by atoms with Crippen LogP contribution in [0.2, 0.25) is 0 Å². The lowest BCUT2D eigenvalue weighted by molar-refractivity contribution is -0.171. The molecule has 1 fully saturated rings. The highest BCUT2D eigenvalue weighted by Gasteiger charge is 2.62. The second-order valence-electron chi connectivity index (χ2n) is 6.00. The maximum Gasteiger partial charge on any atom is 0.241 e. The fraction of sp³-hybridized carbons (Fsp3) is 0.929. The Morgan fingerprint density at radius 1 is 1.53 bits per heavy atom. The van der Waals surface area contributed by atoms with Crippen molar-refractivity contribution < 1.29 is 14.3 Å². The summed E-state index contributed by atoms with van der Waals surface area (Å²) in [7, 11) is 1.65. The van der Waals surface area contributed by atoms with Gasteiger partial charge in [-0.1, -0.05) is 13.8 Å². The highest BCUT2D eigenvalue weighted by molar-refractivity contribution is 5.89. The van der Waals surface area contributed by atoms with Gasteiger partial charge in [-0.15, -0.1) is 0 Å². The molecule has 5 nitrogen and oxygen atoms in total. The average Bonchev–Trinajstić information content (AvgIpc) is 2.35. The molecule has 3 N–H and O–H groups in total. The fourth-order valence-corrected chi connectivity index (χ4v) is 2.54. The van der Waals surface area contributed by atoms with Crippen molar-refractivity contribution in [3.05, 3.63) is 0 Å². The molecule has 1 saturated carbocycles. The monoisotopic (exact) mass is 272 g/mol. The molecule has 1 aliphatic carbocycles. The fourth-order valence-electron chi connectivity index (χ4n) is 2.54. The molecule has 0 aromatic rings. The summed E-state index contributed by atoms with van der Waals surface area (Å²) in [5, 5.41) is 2.98. The first-order valence-corrected chi connectivity index (χ1v) is 7.00. The molecule has 3 atom stereocenters. The SMILES string of the molecule is CCOC1CC(N)(C(=O)NC(C)CCOC)C1(C)C. The van der Waals surface area contributed by atoms with Crippen LogP contribution in [0.25, 0.3) is 0 Å². The molecule has 5 heteroatoms. The van der Waals surface area contributed by atoms with Gasteiger partial charge in [-0.3, -0.25) is 4.79 Å². The number of hydrogen-bond acceptors (Lipinski definition) is 4. The van der Waals surface area contributed by atoms with Crippen LogP contribution in [0.15, 0.2) is 0 Å². The number of carbonyl (C=O) groups excluding carboxylic acids is 1. The molecule has 1 rings (SSSR count). The second-order valence-corrected chi connectivity index (χ2v) is 6.00. The topological polar surface area (TPSA) is 73.6 Å². The van der Waals surface area contributed by atoms with E-state index in [2.05, 4.69) is 5.32 Å². The maximum absolute atomic E-state index is 12.4. The smallest absolute Gasteiger partial charge is 0.241 e. The Bertz CT molecular complexity index is 320. The Labute approximate surface area is 116 Å². The van der Waals surface area contributed by atoms with E-state index in [1.165, 1.54) is 0 Å². The van der Waals surface area contributed by atoms with Crippen LogP contribution >= 0.6 is 0 Å². The van der Waals surface area contributed by atoms with Crippen molar-refractivity contribution in [3.8, 4) is 0 Å². The normalized spacial score (nSPS) is 30.5. The van der Waals surface area contributed by atoms with Gasteiger partial charge in [-0.05, 0) is 20.3 Å². The number of methoxy groups -OCH3 is 1. The summed E-state index contributed by atoms with van der Waals surface area (Å²) in [6, 6.07) is 0.0646. The minimum absolute atomic E-state index is 0.0579. The van der Waals surface area contributed by atoms with Crippen LogP contribution in [0.5, 0.6) is 0 Å². The van der Waals surface area contributed by atoms with Crippen molar-refractivity contribution in [3.63, 3.8) is 0 Å². The Kier molecular flexibility index (Phi) is 5.35. The summed E-state index contributed by atoms with van der Waals surface area (Å²) in [6.45, 7) is 9.19. The van der Waals surface area contributed by atoms with Gasteiger partial charge < -0.3 is 20.5 Å². The maximum atomic E-state index is 12.4. The van der Waals surface area contributed by atoms with Gasteiger partial charge in [0.05, 0.1) is 6.10 Å². The van der Waals surface area contributed by atoms with Crippen LogP contribution in [0.4, 0.5) is 0 Å². The molecule has 0 spiro atoms. The van der Waals surface area contributed by atoms with E-state index in [1.807, 2.05) is 27.7 Å². The lowest BCUT2D eigenvalue weighted by Gasteiger charge is -2.57. The number of rotatable bonds is 7. The summed E-state index contributed by atoms with van der Waals surface area (Å²) in [6.07, 6.45) is 1.42. The largest absolute Gasteiger partial charge is 0.385 e. The molecule has 0 aromatic heterocycles. The third-order valence-electron chi connectivity index (χ3n) is 4.37. The minimum Gasteiger partial charge on any atom is -0.385 e. The molecule has 3 unspecified atom stereocenters. The van der Waals surface area contributed by atoms with E-state index in [0.717, 1.165) is 6.42 Å². The second kappa shape index (κ2) is 6.20. The first kappa shape index (κ1) is 16.4. The van der Waals surface area contributed by atoms with Crippen molar-refractivity contribution >= 4 is 5.91 Å². The van der Waals surface area contributed by atoms with Crippen LogP contribution in [0.3, 0.4) is 0 Å². The first-order chi connectivity index (χ1) is 8.79. The lowest BCUT2D eigenvalue weighted by Crippen LogP contribution is -2.76.